The van der Waals surface area contributed by atoms with Gasteiger partial charge in [0.2, 0.25) is 0 Å². The zero-order chi connectivity index (χ0) is 42.0. The molecule has 11 rings (SSSR count). The Morgan fingerprint density at radius 1 is 0.302 bits per heavy atom. The average molecular weight is 805 g/mol. The molecule has 0 radical (unpaired) electrons. The molecule has 4 nitrogen and oxygen atoms in total. The molecule has 63 heavy (non-hydrogen) atoms. The molecule has 2 aromatic heterocycles. The molecule has 0 fully saturated rings. The Morgan fingerprint density at radius 2 is 0.683 bits per heavy atom. The normalized spacial score (nSPS) is 11.9. The highest BCUT2D eigenvalue weighted by molar-refractivity contribution is 6.06. The lowest BCUT2D eigenvalue weighted by atomic mass is 9.85. The second-order valence-corrected chi connectivity index (χ2v) is 15.7. The van der Waals surface area contributed by atoms with Crippen molar-refractivity contribution in [1.29, 1.82) is 0 Å². The Kier molecular flexibility index (Phi) is 9.92. The third-order valence-corrected chi connectivity index (χ3v) is 11.7. The first-order valence-corrected chi connectivity index (χ1v) is 21.4. The fraction of sp³-hybridized carbons (Fsp3) is 0.0169. The van der Waals surface area contributed by atoms with Gasteiger partial charge in [0.1, 0.15) is 0 Å². The van der Waals surface area contributed by atoms with Gasteiger partial charge in [0.15, 0.2) is 11.6 Å². The van der Waals surface area contributed by atoms with Gasteiger partial charge in [-0.1, -0.05) is 206 Å². The number of fused-ring (bicyclic) bond motifs is 3. The molecule has 0 saturated heterocycles. The fourth-order valence-electron chi connectivity index (χ4n) is 8.71. The van der Waals surface area contributed by atoms with Gasteiger partial charge in [0.25, 0.3) is 0 Å². The van der Waals surface area contributed by atoms with Crippen molar-refractivity contribution < 1.29 is 0 Å². The summed E-state index contributed by atoms with van der Waals surface area (Å²) in [5, 5.41) is 4.81. The zero-order valence-electron chi connectivity index (χ0n) is 34.4. The minimum Gasteiger partial charge on any atom is -0.228 e. The molecule has 0 N–H and O–H groups in total. The van der Waals surface area contributed by atoms with Crippen LogP contribution in [0.2, 0.25) is 0 Å². The topological polar surface area (TPSA) is 51.6 Å². The summed E-state index contributed by atoms with van der Waals surface area (Å²) in [6, 6.07) is 71.9. The Bertz CT molecular complexity index is 3340. The molecule has 0 saturated carbocycles. The van der Waals surface area contributed by atoms with Crippen molar-refractivity contribution in [1.82, 2.24) is 19.9 Å². The van der Waals surface area contributed by atoms with Crippen LogP contribution in [0.15, 0.2) is 218 Å². The van der Waals surface area contributed by atoms with Crippen LogP contribution in [0, 0.1) is 0 Å². The average Bonchev–Trinajstić information content (AvgIpc) is 3.63. The van der Waals surface area contributed by atoms with Gasteiger partial charge in [-0.25, -0.2) is 19.9 Å². The summed E-state index contributed by atoms with van der Waals surface area (Å²) in [6.45, 7) is 0. The first kappa shape index (κ1) is 37.6. The first-order chi connectivity index (χ1) is 31.2. The monoisotopic (exact) mass is 804 g/mol. The minimum absolute atomic E-state index is 0.673. The van der Waals surface area contributed by atoms with Crippen molar-refractivity contribution in [2.45, 2.75) is 6.42 Å². The van der Waals surface area contributed by atoms with E-state index in [1.165, 1.54) is 21.2 Å². The van der Waals surface area contributed by atoms with Gasteiger partial charge in [0, 0.05) is 33.4 Å². The highest BCUT2D eigenvalue weighted by Crippen LogP contribution is 2.39. The molecule has 1 aliphatic rings. The summed E-state index contributed by atoms with van der Waals surface area (Å²) in [7, 11) is 0. The van der Waals surface area contributed by atoms with Gasteiger partial charge >= 0.3 is 0 Å². The maximum absolute atomic E-state index is 5.22. The van der Waals surface area contributed by atoms with Gasteiger partial charge in [0.05, 0.1) is 22.8 Å². The highest BCUT2D eigenvalue weighted by atomic mass is 14.9. The Hall–Kier alpha value is -8.34. The Balaban J connectivity index is 1.13. The number of aromatic nitrogens is 4. The quantitative estimate of drug-likeness (QED) is 0.153. The second-order valence-electron chi connectivity index (χ2n) is 15.7. The van der Waals surface area contributed by atoms with E-state index in [1.54, 1.807) is 0 Å². The van der Waals surface area contributed by atoms with Gasteiger partial charge in [-0.05, 0) is 74.1 Å². The van der Waals surface area contributed by atoms with Crippen LogP contribution in [0.3, 0.4) is 0 Å². The van der Waals surface area contributed by atoms with Crippen LogP contribution in [0.1, 0.15) is 6.42 Å². The lowest BCUT2D eigenvalue weighted by Gasteiger charge is -2.18. The molecule has 8 aromatic carbocycles. The third-order valence-electron chi connectivity index (χ3n) is 11.7. The lowest BCUT2D eigenvalue weighted by molar-refractivity contribution is 1.18. The van der Waals surface area contributed by atoms with Crippen molar-refractivity contribution in [2.75, 3.05) is 0 Å². The second kappa shape index (κ2) is 16.6. The molecular weight excluding hydrogens is 765 g/mol. The van der Waals surface area contributed by atoms with E-state index in [0.717, 1.165) is 84.8 Å². The van der Waals surface area contributed by atoms with Gasteiger partial charge in [-0.15, -0.1) is 0 Å². The Labute approximate surface area is 366 Å². The summed E-state index contributed by atoms with van der Waals surface area (Å²) in [6.07, 6.45) is 9.90. The van der Waals surface area contributed by atoms with Crippen LogP contribution < -0.4 is 10.4 Å². The van der Waals surface area contributed by atoms with Crippen LogP contribution in [0.5, 0.6) is 0 Å². The number of hydrogen-bond donors (Lipinski definition) is 0. The van der Waals surface area contributed by atoms with E-state index in [0.29, 0.717) is 11.6 Å². The lowest BCUT2D eigenvalue weighted by Crippen LogP contribution is -2.28. The van der Waals surface area contributed by atoms with Crippen molar-refractivity contribution >= 4 is 22.9 Å². The molecule has 0 unspecified atom stereocenters. The number of rotatable bonds is 8. The molecular formula is C59H40N4. The molecule has 4 heteroatoms. The molecule has 296 valence electrons. The van der Waals surface area contributed by atoms with Crippen LogP contribution in [0.4, 0.5) is 0 Å². The molecule has 2 heterocycles. The zero-order valence-corrected chi connectivity index (χ0v) is 34.4. The highest BCUT2D eigenvalue weighted by Gasteiger charge is 2.20. The molecule has 0 amide bonds. The number of nitrogens with zero attached hydrogens (tertiary/aromatic N) is 4. The number of benzene rings is 8. The number of allylic oxidation sites excluding steroid dienone is 2. The standard InChI is InChI=1S/C59H40N4/c1-6-20-40(21-7-1)52-38-53(41-22-8-2-9-23-41)61-58(60-52)46-30-18-28-44(36-46)56-50-34-15-5-14-32-48(50)49-33-16-17-35-51(49)57(56)45-29-19-31-47(37-45)59-62-54(42-24-10-3-11-25-42)39-55(63-59)43-26-12-4-13-27-43/h1-13,15-39H,14H2. The molecule has 1 aliphatic carbocycles. The summed E-state index contributed by atoms with van der Waals surface area (Å²) < 4.78 is 0. The van der Waals surface area contributed by atoms with Crippen molar-refractivity contribution in [3.05, 3.63) is 229 Å². The van der Waals surface area contributed by atoms with Gasteiger partial charge in [-0.3, -0.25) is 0 Å². The maximum Gasteiger partial charge on any atom is 0.160 e. The minimum atomic E-state index is 0.673. The van der Waals surface area contributed by atoms with E-state index in [-0.39, 0.29) is 0 Å². The van der Waals surface area contributed by atoms with E-state index >= 15 is 0 Å². The van der Waals surface area contributed by atoms with Gasteiger partial charge < -0.3 is 0 Å². The van der Waals surface area contributed by atoms with Crippen molar-refractivity contribution in [3.63, 3.8) is 0 Å². The van der Waals surface area contributed by atoms with Crippen LogP contribution in [0.25, 0.3) is 113 Å². The van der Waals surface area contributed by atoms with Crippen LogP contribution in [-0.2, 0) is 0 Å². The van der Waals surface area contributed by atoms with Crippen molar-refractivity contribution in [2.24, 2.45) is 0 Å². The van der Waals surface area contributed by atoms with Crippen LogP contribution >= 0.6 is 0 Å². The van der Waals surface area contributed by atoms with Crippen LogP contribution in [-0.4, -0.2) is 19.9 Å². The van der Waals surface area contributed by atoms with Crippen molar-refractivity contribution in [3.8, 4) is 90.1 Å². The Morgan fingerprint density at radius 3 is 1.14 bits per heavy atom. The van der Waals surface area contributed by atoms with E-state index in [4.69, 9.17) is 19.9 Å². The maximum atomic E-state index is 5.22. The smallest absolute Gasteiger partial charge is 0.160 e. The summed E-state index contributed by atoms with van der Waals surface area (Å²) in [5.74, 6) is 1.35. The predicted molar refractivity (Wildman–Crippen MR) is 261 cm³/mol. The SMILES string of the molecule is C1=CCC=c2c(c(-c3cccc(-c4nc(-c5ccccc5)cc(-c5ccccc5)n4)c3)c(-c3cccc(-c4nc(-c5ccccc5)cc(-c5ccccc5)n4)c3)c3ccccc23)=C1. The number of hydrogen-bond acceptors (Lipinski definition) is 4. The largest absolute Gasteiger partial charge is 0.228 e. The van der Waals surface area contributed by atoms with E-state index in [1.807, 2.05) is 24.3 Å². The predicted octanol–water partition coefficient (Wildman–Crippen LogP) is 13.3. The molecule has 0 atom stereocenters. The third kappa shape index (κ3) is 7.45. The van der Waals surface area contributed by atoms with E-state index in [9.17, 15) is 0 Å². The molecule has 10 aromatic rings. The first-order valence-electron chi connectivity index (χ1n) is 21.4. The summed E-state index contributed by atoms with van der Waals surface area (Å²) in [5.41, 5.74) is 14.0. The summed E-state index contributed by atoms with van der Waals surface area (Å²) >= 11 is 0. The summed E-state index contributed by atoms with van der Waals surface area (Å²) in [4.78, 5) is 20.9. The fourth-order valence-corrected chi connectivity index (χ4v) is 8.71. The molecule has 0 spiro atoms. The van der Waals surface area contributed by atoms with Gasteiger partial charge in [-0.2, -0.15) is 0 Å². The van der Waals surface area contributed by atoms with E-state index < -0.39 is 0 Å². The molecule has 0 aliphatic heterocycles. The molecule has 0 bridgehead atoms. The van der Waals surface area contributed by atoms with E-state index in [2.05, 4.69) is 206 Å².